The van der Waals surface area contributed by atoms with Crippen molar-refractivity contribution >= 4 is 27.3 Å². The third-order valence-corrected chi connectivity index (χ3v) is 5.49. The molecule has 0 saturated carbocycles. The molecule has 4 nitrogen and oxygen atoms in total. The van der Waals surface area contributed by atoms with Crippen molar-refractivity contribution in [2.45, 2.75) is 11.8 Å². The van der Waals surface area contributed by atoms with Crippen LogP contribution in [0.15, 0.2) is 47.4 Å². The van der Waals surface area contributed by atoms with Crippen LogP contribution >= 0.6 is 11.6 Å². The smallest absolute Gasteiger partial charge is 0.264 e. The summed E-state index contributed by atoms with van der Waals surface area (Å²) in [5, 5.41) is 0.532. The SMILES string of the molecule is COc1ccc(S(=O)(=O)N(C)c2cccc(Cl)c2C)cc1. The third-order valence-electron chi connectivity index (χ3n) is 3.30. The van der Waals surface area contributed by atoms with Crippen LogP contribution in [0.2, 0.25) is 5.02 Å². The van der Waals surface area contributed by atoms with Gasteiger partial charge in [0.05, 0.1) is 17.7 Å². The predicted octanol–water partition coefficient (Wildman–Crippen LogP) is 3.48. The van der Waals surface area contributed by atoms with E-state index in [4.69, 9.17) is 16.3 Å². The van der Waals surface area contributed by atoms with Crippen molar-refractivity contribution in [2.24, 2.45) is 0 Å². The fraction of sp³-hybridized carbons (Fsp3) is 0.200. The molecule has 2 aromatic carbocycles. The van der Waals surface area contributed by atoms with E-state index in [2.05, 4.69) is 0 Å². The number of methoxy groups -OCH3 is 1. The van der Waals surface area contributed by atoms with Crippen LogP contribution in [0.5, 0.6) is 5.75 Å². The number of hydrogen-bond acceptors (Lipinski definition) is 3. The second-order valence-electron chi connectivity index (χ2n) is 4.53. The van der Waals surface area contributed by atoms with E-state index in [9.17, 15) is 8.42 Å². The zero-order chi connectivity index (χ0) is 15.6. The van der Waals surface area contributed by atoms with Gasteiger partial charge in [-0.1, -0.05) is 17.7 Å². The summed E-state index contributed by atoms with van der Waals surface area (Å²) in [6, 6.07) is 11.5. The molecule has 2 aromatic rings. The number of anilines is 1. The van der Waals surface area contributed by atoms with Crippen LogP contribution < -0.4 is 9.04 Å². The van der Waals surface area contributed by atoms with E-state index in [-0.39, 0.29) is 4.90 Å². The molecular formula is C15H16ClNO3S. The van der Waals surface area contributed by atoms with Gasteiger partial charge in [-0.3, -0.25) is 4.31 Å². The van der Waals surface area contributed by atoms with Crippen molar-refractivity contribution in [1.82, 2.24) is 0 Å². The van der Waals surface area contributed by atoms with Crippen LogP contribution in [0.1, 0.15) is 5.56 Å². The highest BCUT2D eigenvalue weighted by Crippen LogP contribution is 2.29. The summed E-state index contributed by atoms with van der Waals surface area (Å²) in [7, 11) is -0.592. The topological polar surface area (TPSA) is 46.6 Å². The van der Waals surface area contributed by atoms with Crippen LogP contribution in [0, 0.1) is 6.92 Å². The monoisotopic (exact) mass is 325 g/mol. The van der Waals surface area contributed by atoms with E-state index >= 15 is 0 Å². The highest BCUT2D eigenvalue weighted by atomic mass is 35.5. The summed E-state index contributed by atoms with van der Waals surface area (Å²) >= 11 is 6.06. The molecule has 21 heavy (non-hydrogen) atoms. The lowest BCUT2D eigenvalue weighted by Gasteiger charge is -2.22. The molecule has 0 spiro atoms. The maximum Gasteiger partial charge on any atom is 0.264 e. The van der Waals surface area contributed by atoms with Crippen LogP contribution in [-0.4, -0.2) is 22.6 Å². The molecule has 0 aliphatic carbocycles. The molecule has 0 aliphatic rings. The molecule has 0 aromatic heterocycles. The van der Waals surface area contributed by atoms with Crippen molar-refractivity contribution in [2.75, 3.05) is 18.5 Å². The van der Waals surface area contributed by atoms with Gasteiger partial charge < -0.3 is 4.74 Å². The first kappa shape index (κ1) is 15.7. The van der Waals surface area contributed by atoms with Crippen molar-refractivity contribution in [3.63, 3.8) is 0 Å². The van der Waals surface area contributed by atoms with E-state index in [1.54, 1.807) is 37.3 Å². The minimum absolute atomic E-state index is 0.199. The Hall–Kier alpha value is -1.72. The number of benzene rings is 2. The van der Waals surface area contributed by atoms with Crippen LogP contribution in [-0.2, 0) is 10.0 Å². The van der Waals surface area contributed by atoms with Gasteiger partial charge in [0, 0.05) is 12.1 Å². The van der Waals surface area contributed by atoms with E-state index < -0.39 is 10.0 Å². The van der Waals surface area contributed by atoms with Gasteiger partial charge in [0.1, 0.15) is 5.75 Å². The minimum atomic E-state index is -3.64. The van der Waals surface area contributed by atoms with Crippen molar-refractivity contribution in [1.29, 1.82) is 0 Å². The van der Waals surface area contributed by atoms with Crippen molar-refractivity contribution < 1.29 is 13.2 Å². The summed E-state index contributed by atoms with van der Waals surface area (Å²) in [6.45, 7) is 1.79. The summed E-state index contributed by atoms with van der Waals surface area (Å²) in [6.07, 6.45) is 0. The van der Waals surface area contributed by atoms with Gasteiger partial charge in [0.25, 0.3) is 10.0 Å². The minimum Gasteiger partial charge on any atom is -0.497 e. The van der Waals surface area contributed by atoms with Crippen molar-refractivity contribution in [3.05, 3.63) is 53.1 Å². The van der Waals surface area contributed by atoms with Crippen LogP contribution in [0.3, 0.4) is 0 Å². The van der Waals surface area contributed by atoms with E-state index in [1.807, 2.05) is 0 Å². The molecule has 0 amide bonds. The fourth-order valence-corrected chi connectivity index (χ4v) is 3.40. The first-order chi connectivity index (χ1) is 9.87. The molecule has 0 N–H and O–H groups in total. The van der Waals surface area contributed by atoms with Gasteiger partial charge in [-0.05, 0) is 48.9 Å². The summed E-state index contributed by atoms with van der Waals surface area (Å²) in [4.78, 5) is 0.199. The fourth-order valence-electron chi connectivity index (χ4n) is 1.97. The molecule has 112 valence electrons. The Bertz CT molecular complexity index is 742. The number of nitrogens with zero attached hydrogens (tertiary/aromatic N) is 1. The number of halogens is 1. The quantitative estimate of drug-likeness (QED) is 0.864. The normalized spacial score (nSPS) is 11.2. The van der Waals surface area contributed by atoms with Crippen LogP contribution in [0.25, 0.3) is 0 Å². The first-order valence-electron chi connectivity index (χ1n) is 6.26. The predicted molar refractivity (Wildman–Crippen MR) is 84.8 cm³/mol. The number of sulfonamides is 1. The standard InChI is InChI=1S/C15H16ClNO3S/c1-11-14(16)5-4-6-15(11)17(2)21(18,19)13-9-7-12(20-3)8-10-13/h4-10H,1-3H3. The molecule has 0 radical (unpaired) electrons. The van der Waals surface area contributed by atoms with Gasteiger partial charge >= 0.3 is 0 Å². The lowest BCUT2D eigenvalue weighted by molar-refractivity contribution is 0.414. The Kier molecular flexibility index (Phi) is 4.44. The average molecular weight is 326 g/mol. The van der Waals surface area contributed by atoms with E-state index in [0.29, 0.717) is 16.5 Å². The molecule has 6 heteroatoms. The van der Waals surface area contributed by atoms with Gasteiger partial charge in [0.15, 0.2) is 0 Å². The Morgan fingerprint density at radius 3 is 2.29 bits per heavy atom. The maximum absolute atomic E-state index is 12.6. The second kappa shape index (κ2) is 5.95. The molecule has 0 atom stereocenters. The Labute approximate surface area is 130 Å². The van der Waals surface area contributed by atoms with Gasteiger partial charge in [-0.2, -0.15) is 0 Å². The summed E-state index contributed by atoms with van der Waals surface area (Å²) in [5.41, 5.74) is 1.28. The lowest BCUT2D eigenvalue weighted by Crippen LogP contribution is -2.27. The molecular weight excluding hydrogens is 310 g/mol. The largest absolute Gasteiger partial charge is 0.497 e. The average Bonchev–Trinajstić information content (AvgIpc) is 2.49. The molecule has 0 bridgehead atoms. The van der Waals surface area contributed by atoms with Crippen LogP contribution in [0.4, 0.5) is 5.69 Å². The highest BCUT2D eigenvalue weighted by Gasteiger charge is 2.23. The molecule has 0 heterocycles. The zero-order valence-electron chi connectivity index (χ0n) is 12.0. The Morgan fingerprint density at radius 1 is 1.10 bits per heavy atom. The summed E-state index contributed by atoms with van der Waals surface area (Å²) < 4.78 is 31.5. The first-order valence-corrected chi connectivity index (χ1v) is 8.08. The second-order valence-corrected chi connectivity index (χ2v) is 6.91. The van der Waals surface area contributed by atoms with Gasteiger partial charge in [0.2, 0.25) is 0 Å². The van der Waals surface area contributed by atoms with E-state index in [0.717, 1.165) is 5.56 Å². The molecule has 2 rings (SSSR count). The molecule has 0 unspecified atom stereocenters. The number of ether oxygens (including phenoxy) is 1. The van der Waals surface area contributed by atoms with Gasteiger partial charge in [-0.15, -0.1) is 0 Å². The van der Waals surface area contributed by atoms with Crippen molar-refractivity contribution in [3.8, 4) is 5.75 Å². The number of hydrogen-bond donors (Lipinski definition) is 0. The highest BCUT2D eigenvalue weighted by molar-refractivity contribution is 7.92. The van der Waals surface area contributed by atoms with Gasteiger partial charge in [-0.25, -0.2) is 8.42 Å². The molecule has 0 aliphatic heterocycles. The zero-order valence-corrected chi connectivity index (χ0v) is 13.6. The number of rotatable bonds is 4. The molecule has 0 fully saturated rings. The Balaban J connectivity index is 2.44. The maximum atomic E-state index is 12.6. The van der Waals surface area contributed by atoms with E-state index in [1.165, 1.54) is 30.6 Å². The lowest BCUT2D eigenvalue weighted by atomic mass is 10.2. The third kappa shape index (κ3) is 2.99. The molecule has 0 saturated heterocycles. The Morgan fingerprint density at radius 2 is 1.71 bits per heavy atom. The summed E-state index contributed by atoms with van der Waals surface area (Å²) in [5.74, 6) is 0.607.